The number of rotatable bonds is 6. The zero-order valence-corrected chi connectivity index (χ0v) is 13.2. The Balaban J connectivity index is 3.01. The highest BCUT2D eigenvalue weighted by Crippen LogP contribution is 2.31. The van der Waals surface area contributed by atoms with Crippen LogP contribution in [0.1, 0.15) is 47.0 Å². The summed E-state index contributed by atoms with van der Waals surface area (Å²) in [5.74, 6) is -0.354. The van der Waals surface area contributed by atoms with E-state index in [9.17, 15) is 14.7 Å². The second-order valence-corrected chi connectivity index (χ2v) is 6.45. The van der Waals surface area contributed by atoms with E-state index in [4.69, 9.17) is 0 Å². The van der Waals surface area contributed by atoms with Gasteiger partial charge in [0.05, 0.1) is 11.5 Å². The maximum absolute atomic E-state index is 12.4. The van der Waals surface area contributed by atoms with Crippen LogP contribution in [0.15, 0.2) is 11.3 Å². The lowest BCUT2D eigenvalue weighted by Crippen LogP contribution is -2.23. The molecule has 0 aromatic carbocycles. The normalized spacial score (nSPS) is 25.8. The highest BCUT2D eigenvalue weighted by molar-refractivity contribution is 6.28. The van der Waals surface area contributed by atoms with Crippen LogP contribution in [0.3, 0.4) is 0 Å². The van der Waals surface area contributed by atoms with Gasteiger partial charge in [-0.1, -0.05) is 34.1 Å². The van der Waals surface area contributed by atoms with Crippen LogP contribution in [0.25, 0.3) is 0 Å². The fraction of sp³-hybridized carbons (Fsp3) is 0.750. The van der Waals surface area contributed by atoms with E-state index in [1.807, 2.05) is 13.8 Å². The smallest absolute Gasteiger partial charge is 0.197 e. The summed E-state index contributed by atoms with van der Waals surface area (Å²) in [6, 6.07) is 0. The van der Waals surface area contributed by atoms with Gasteiger partial charge in [-0.05, 0) is 24.7 Å². The Hall–Kier alpha value is -1.16. The number of allylic oxidation sites excluding steroid dienone is 1. The summed E-state index contributed by atoms with van der Waals surface area (Å²) >= 11 is 0. The number of nitrogens with one attached hydrogen (secondary N) is 1. The van der Waals surface area contributed by atoms with Gasteiger partial charge in [0.15, 0.2) is 11.6 Å². The number of ketones is 2. The molecule has 0 aliphatic heterocycles. The summed E-state index contributed by atoms with van der Waals surface area (Å²) < 4.78 is 0. The topological polar surface area (TPSA) is 66.4 Å². The quantitative estimate of drug-likeness (QED) is 0.578. The molecule has 114 valence electrons. The van der Waals surface area contributed by atoms with Gasteiger partial charge in [0.25, 0.3) is 0 Å². The van der Waals surface area contributed by atoms with Crippen molar-refractivity contribution < 1.29 is 14.7 Å². The van der Waals surface area contributed by atoms with E-state index in [1.165, 1.54) is 0 Å². The number of aliphatic hydroxyl groups is 1. The van der Waals surface area contributed by atoms with Crippen molar-refractivity contribution in [3.8, 4) is 0 Å². The molecule has 1 fully saturated rings. The highest BCUT2D eigenvalue weighted by Gasteiger charge is 2.45. The van der Waals surface area contributed by atoms with Gasteiger partial charge in [0.2, 0.25) is 0 Å². The highest BCUT2D eigenvalue weighted by atomic mass is 16.3. The Kier molecular flexibility index (Phi) is 5.93. The molecule has 1 rings (SSSR count). The predicted octanol–water partition coefficient (Wildman–Crippen LogP) is 2.07. The monoisotopic (exact) mass is 281 g/mol. The molecule has 1 aliphatic rings. The summed E-state index contributed by atoms with van der Waals surface area (Å²) in [5.41, 5.74) is 0.864. The maximum atomic E-state index is 12.4. The minimum Gasteiger partial charge on any atom is -0.391 e. The lowest BCUT2D eigenvalue weighted by molar-refractivity contribution is -0.124. The van der Waals surface area contributed by atoms with Crippen LogP contribution >= 0.6 is 0 Å². The molecule has 0 aromatic heterocycles. The molecule has 20 heavy (non-hydrogen) atoms. The number of carbonyl (C=O) groups is 2. The Morgan fingerprint density at radius 2 is 1.75 bits per heavy atom. The minimum atomic E-state index is -1.16. The van der Waals surface area contributed by atoms with Crippen molar-refractivity contribution in [2.45, 2.75) is 53.1 Å². The first-order chi connectivity index (χ1) is 9.29. The molecule has 0 amide bonds. The third-order valence-corrected chi connectivity index (χ3v) is 3.75. The summed E-state index contributed by atoms with van der Waals surface area (Å²) in [5, 5.41) is 13.0. The summed E-state index contributed by atoms with van der Waals surface area (Å²) in [7, 11) is 1.72. The van der Waals surface area contributed by atoms with Crippen molar-refractivity contribution in [1.29, 1.82) is 0 Å². The molecule has 2 N–H and O–H groups in total. The Morgan fingerprint density at radius 1 is 1.15 bits per heavy atom. The predicted molar refractivity (Wildman–Crippen MR) is 79.1 cm³/mol. The zero-order chi connectivity index (χ0) is 15.4. The van der Waals surface area contributed by atoms with Gasteiger partial charge in [-0.25, -0.2) is 0 Å². The van der Waals surface area contributed by atoms with Crippen LogP contribution in [0.2, 0.25) is 0 Å². The first kappa shape index (κ1) is 16.9. The number of hydrogen-bond donors (Lipinski definition) is 2. The molecule has 2 atom stereocenters. The fourth-order valence-electron chi connectivity index (χ4n) is 2.62. The number of hydrogen-bond acceptors (Lipinski definition) is 4. The van der Waals surface area contributed by atoms with Gasteiger partial charge in [0, 0.05) is 12.7 Å². The molecule has 0 spiro atoms. The van der Waals surface area contributed by atoms with E-state index < -0.39 is 17.8 Å². The fourth-order valence-corrected chi connectivity index (χ4v) is 2.62. The minimum absolute atomic E-state index is 0.187. The standard InChI is InChI=1S/C16H27NO3/c1-9(2)6-7-11-14(18)13(16(20)15(11)19)12(17-5)8-10(3)4/h9-11,15,17,19H,6-8H2,1-5H3/b13-12+. The third-order valence-electron chi connectivity index (χ3n) is 3.75. The van der Waals surface area contributed by atoms with Gasteiger partial charge in [0.1, 0.15) is 6.10 Å². The molecule has 0 heterocycles. The van der Waals surface area contributed by atoms with E-state index in [1.54, 1.807) is 7.05 Å². The second-order valence-electron chi connectivity index (χ2n) is 6.45. The lowest BCUT2D eigenvalue weighted by atomic mass is 9.93. The van der Waals surface area contributed by atoms with Gasteiger partial charge >= 0.3 is 0 Å². The zero-order valence-electron chi connectivity index (χ0n) is 13.2. The van der Waals surface area contributed by atoms with Crippen molar-refractivity contribution in [2.24, 2.45) is 17.8 Å². The SMILES string of the molecule is CN/C(CC(C)C)=C1/C(=O)C(O)C(CCC(C)C)C1=O. The molecule has 0 aromatic rings. The van der Waals surface area contributed by atoms with Crippen LogP contribution in [0, 0.1) is 17.8 Å². The average Bonchev–Trinajstić information content (AvgIpc) is 2.56. The average molecular weight is 281 g/mol. The van der Waals surface area contributed by atoms with Crippen molar-refractivity contribution in [3.05, 3.63) is 11.3 Å². The number of aliphatic hydroxyl groups excluding tert-OH is 1. The third kappa shape index (κ3) is 3.69. The second kappa shape index (κ2) is 7.02. The molecular weight excluding hydrogens is 254 g/mol. The van der Waals surface area contributed by atoms with E-state index in [-0.39, 0.29) is 11.4 Å². The first-order valence-electron chi connectivity index (χ1n) is 7.46. The molecule has 0 saturated heterocycles. The largest absolute Gasteiger partial charge is 0.391 e. The molecule has 0 bridgehead atoms. The van der Waals surface area contributed by atoms with Gasteiger partial charge in [-0.2, -0.15) is 0 Å². The number of carbonyl (C=O) groups excluding carboxylic acids is 2. The Morgan fingerprint density at radius 3 is 2.20 bits per heavy atom. The lowest BCUT2D eigenvalue weighted by Gasteiger charge is -2.13. The Bertz CT molecular complexity index is 410. The van der Waals surface area contributed by atoms with Crippen molar-refractivity contribution in [1.82, 2.24) is 5.32 Å². The van der Waals surface area contributed by atoms with E-state index in [0.29, 0.717) is 30.4 Å². The van der Waals surface area contributed by atoms with E-state index in [2.05, 4.69) is 19.2 Å². The van der Waals surface area contributed by atoms with Gasteiger partial charge in [-0.3, -0.25) is 9.59 Å². The van der Waals surface area contributed by atoms with Crippen LogP contribution in [-0.4, -0.2) is 29.8 Å². The summed E-state index contributed by atoms with van der Waals surface area (Å²) in [6.07, 6.45) is 0.901. The van der Waals surface area contributed by atoms with Crippen molar-refractivity contribution >= 4 is 11.6 Å². The summed E-state index contributed by atoms with van der Waals surface area (Å²) in [6.45, 7) is 8.22. The summed E-state index contributed by atoms with van der Waals surface area (Å²) in [4.78, 5) is 24.6. The molecule has 2 unspecified atom stereocenters. The molecule has 4 nitrogen and oxygen atoms in total. The van der Waals surface area contributed by atoms with Crippen LogP contribution < -0.4 is 5.32 Å². The van der Waals surface area contributed by atoms with Gasteiger partial charge < -0.3 is 10.4 Å². The van der Waals surface area contributed by atoms with Crippen LogP contribution in [0.4, 0.5) is 0 Å². The molecular formula is C16H27NO3. The van der Waals surface area contributed by atoms with Crippen LogP contribution in [-0.2, 0) is 9.59 Å². The molecule has 1 aliphatic carbocycles. The first-order valence-corrected chi connectivity index (χ1v) is 7.46. The molecule has 1 saturated carbocycles. The Labute approximate surface area is 121 Å². The van der Waals surface area contributed by atoms with Gasteiger partial charge in [-0.15, -0.1) is 0 Å². The van der Waals surface area contributed by atoms with E-state index in [0.717, 1.165) is 6.42 Å². The number of Topliss-reactive ketones (excluding diaryl/α,β-unsaturated/α-hetero) is 2. The molecule has 0 radical (unpaired) electrons. The van der Waals surface area contributed by atoms with Crippen molar-refractivity contribution in [3.63, 3.8) is 0 Å². The molecule has 4 heteroatoms. The van der Waals surface area contributed by atoms with Crippen LogP contribution in [0.5, 0.6) is 0 Å². The van der Waals surface area contributed by atoms with Crippen molar-refractivity contribution in [2.75, 3.05) is 7.05 Å². The van der Waals surface area contributed by atoms with E-state index >= 15 is 0 Å². The maximum Gasteiger partial charge on any atom is 0.197 e.